The van der Waals surface area contributed by atoms with E-state index in [1.54, 1.807) is 37.4 Å². The molecular formula is C15H16N2O4. The third kappa shape index (κ3) is 2.31. The molecule has 1 aromatic heterocycles. The van der Waals surface area contributed by atoms with E-state index in [0.717, 1.165) is 5.69 Å². The summed E-state index contributed by atoms with van der Waals surface area (Å²) in [4.78, 5) is 27.9. The molecule has 2 bridgehead atoms. The van der Waals surface area contributed by atoms with Crippen molar-refractivity contribution >= 4 is 11.9 Å². The number of aromatic nitrogens is 1. The normalized spacial score (nSPS) is 33.1. The predicted molar refractivity (Wildman–Crippen MR) is 73.1 cm³/mol. The number of hydrogen-bond donors (Lipinski definition) is 2. The molecule has 0 spiro atoms. The highest BCUT2D eigenvalue weighted by Crippen LogP contribution is 2.47. The molecule has 6 nitrogen and oxygen atoms in total. The van der Waals surface area contributed by atoms with Crippen LogP contribution in [0.5, 0.6) is 0 Å². The lowest BCUT2D eigenvalue weighted by atomic mass is 9.76. The first-order valence-corrected chi connectivity index (χ1v) is 6.79. The quantitative estimate of drug-likeness (QED) is 0.798. The summed E-state index contributed by atoms with van der Waals surface area (Å²) in [6, 6.07) is 5.43. The minimum Gasteiger partial charge on any atom is -0.481 e. The van der Waals surface area contributed by atoms with E-state index < -0.39 is 29.5 Å². The largest absolute Gasteiger partial charge is 0.481 e. The standard InChI is InChI=1S/C15H16N2O4/c1-15-6-5-10(21-15)11(14(19)20)12(15)13(18)17-8-9-4-2-3-7-16-9/h2-7,10-12H,8H2,1H3,(H,17,18)(H,19,20)/t10-,11-,12+,15+/m1/s1. The Morgan fingerprint density at radius 1 is 1.48 bits per heavy atom. The molecule has 1 saturated heterocycles. The molecule has 1 aromatic rings. The number of carbonyl (C=O) groups excluding carboxylic acids is 1. The number of pyridine rings is 1. The van der Waals surface area contributed by atoms with Gasteiger partial charge < -0.3 is 15.2 Å². The molecule has 110 valence electrons. The van der Waals surface area contributed by atoms with Gasteiger partial charge in [-0.1, -0.05) is 18.2 Å². The van der Waals surface area contributed by atoms with Crippen LogP contribution in [0, 0.1) is 11.8 Å². The summed E-state index contributed by atoms with van der Waals surface area (Å²) in [7, 11) is 0. The number of nitrogens with zero attached hydrogens (tertiary/aromatic N) is 1. The van der Waals surface area contributed by atoms with Crippen molar-refractivity contribution in [1.29, 1.82) is 0 Å². The number of aliphatic carboxylic acids is 1. The molecule has 0 saturated carbocycles. The lowest BCUT2D eigenvalue weighted by Crippen LogP contribution is -2.46. The number of fused-ring (bicyclic) bond motifs is 2. The SMILES string of the molecule is C[C@@]12C=C[C@@H](O1)[C@@H](C(=O)O)[C@H]2C(=O)NCc1ccccn1. The van der Waals surface area contributed by atoms with E-state index in [2.05, 4.69) is 10.3 Å². The van der Waals surface area contributed by atoms with Crippen LogP contribution in [-0.2, 0) is 20.9 Å². The van der Waals surface area contributed by atoms with E-state index in [9.17, 15) is 14.7 Å². The monoisotopic (exact) mass is 288 g/mol. The van der Waals surface area contributed by atoms with E-state index in [0.29, 0.717) is 0 Å². The predicted octanol–water partition coefficient (Wildman–Crippen LogP) is 0.742. The first-order valence-electron chi connectivity index (χ1n) is 6.79. The van der Waals surface area contributed by atoms with Crippen molar-refractivity contribution in [3.63, 3.8) is 0 Å². The van der Waals surface area contributed by atoms with Crippen LogP contribution in [0.2, 0.25) is 0 Å². The Bertz CT molecular complexity index is 601. The van der Waals surface area contributed by atoms with Gasteiger partial charge in [0.1, 0.15) is 5.92 Å². The van der Waals surface area contributed by atoms with Crippen LogP contribution in [-0.4, -0.2) is 33.7 Å². The number of carboxylic acid groups (broad SMARTS) is 1. The van der Waals surface area contributed by atoms with Crippen molar-refractivity contribution in [3.8, 4) is 0 Å². The maximum Gasteiger partial charge on any atom is 0.310 e. The number of carboxylic acids is 1. The summed E-state index contributed by atoms with van der Waals surface area (Å²) in [5.74, 6) is -2.90. The minimum absolute atomic E-state index is 0.271. The number of nitrogens with one attached hydrogen (secondary N) is 1. The van der Waals surface area contributed by atoms with Gasteiger partial charge in [0, 0.05) is 6.20 Å². The van der Waals surface area contributed by atoms with Gasteiger partial charge in [0.15, 0.2) is 0 Å². The van der Waals surface area contributed by atoms with Crippen LogP contribution in [0.15, 0.2) is 36.5 Å². The van der Waals surface area contributed by atoms with Gasteiger partial charge in [0.25, 0.3) is 0 Å². The van der Waals surface area contributed by atoms with Crippen molar-refractivity contribution < 1.29 is 19.4 Å². The first-order chi connectivity index (χ1) is 10.0. The molecule has 6 heteroatoms. The second-order valence-corrected chi connectivity index (χ2v) is 5.51. The van der Waals surface area contributed by atoms with Crippen molar-refractivity contribution in [2.24, 2.45) is 11.8 Å². The Labute approximate surface area is 121 Å². The van der Waals surface area contributed by atoms with Crippen LogP contribution >= 0.6 is 0 Å². The zero-order valence-electron chi connectivity index (χ0n) is 11.5. The maximum absolute atomic E-state index is 12.4. The van der Waals surface area contributed by atoms with E-state index >= 15 is 0 Å². The first kappa shape index (κ1) is 13.8. The Morgan fingerprint density at radius 2 is 2.29 bits per heavy atom. The van der Waals surface area contributed by atoms with Crippen LogP contribution in [0.25, 0.3) is 0 Å². The number of hydrogen-bond acceptors (Lipinski definition) is 4. The topological polar surface area (TPSA) is 88.5 Å². The molecule has 2 aliphatic heterocycles. The maximum atomic E-state index is 12.4. The van der Waals surface area contributed by atoms with Gasteiger partial charge >= 0.3 is 5.97 Å². The van der Waals surface area contributed by atoms with Gasteiger partial charge in [-0.2, -0.15) is 0 Å². The van der Waals surface area contributed by atoms with Gasteiger partial charge in [0.05, 0.1) is 29.9 Å². The summed E-state index contributed by atoms with van der Waals surface area (Å²) < 4.78 is 5.65. The molecule has 0 radical (unpaired) electrons. The number of rotatable bonds is 4. The number of carbonyl (C=O) groups is 2. The Hall–Kier alpha value is -2.21. The van der Waals surface area contributed by atoms with Crippen LogP contribution in [0.1, 0.15) is 12.6 Å². The molecule has 0 aromatic carbocycles. The number of amides is 1. The third-order valence-electron chi connectivity index (χ3n) is 4.07. The average Bonchev–Trinajstić information content (AvgIpc) is 2.99. The second-order valence-electron chi connectivity index (χ2n) is 5.51. The molecular weight excluding hydrogens is 272 g/mol. The molecule has 1 amide bonds. The summed E-state index contributed by atoms with van der Waals surface area (Å²) in [5.41, 5.74) is -0.121. The Morgan fingerprint density at radius 3 is 2.95 bits per heavy atom. The van der Waals surface area contributed by atoms with Crippen LogP contribution in [0.3, 0.4) is 0 Å². The Kier molecular flexibility index (Phi) is 3.25. The van der Waals surface area contributed by atoms with Gasteiger partial charge in [-0.3, -0.25) is 14.6 Å². The van der Waals surface area contributed by atoms with Crippen LogP contribution < -0.4 is 5.32 Å². The minimum atomic E-state index is -1.01. The summed E-state index contributed by atoms with van der Waals surface area (Å²) in [6.45, 7) is 2.02. The van der Waals surface area contributed by atoms with Gasteiger partial charge in [0.2, 0.25) is 5.91 Å². The molecule has 4 atom stereocenters. The average molecular weight is 288 g/mol. The molecule has 21 heavy (non-hydrogen) atoms. The molecule has 2 N–H and O–H groups in total. The summed E-state index contributed by atoms with van der Waals surface area (Å²) >= 11 is 0. The van der Waals surface area contributed by atoms with Crippen molar-refractivity contribution in [2.45, 2.75) is 25.2 Å². The fourth-order valence-electron chi connectivity index (χ4n) is 3.07. The zero-order valence-corrected chi connectivity index (χ0v) is 11.5. The fourth-order valence-corrected chi connectivity index (χ4v) is 3.07. The highest BCUT2D eigenvalue weighted by Gasteiger charge is 2.59. The van der Waals surface area contributed by atoms with E-state index in [4.69, 9.17) is 4.74 Å². The van der Waals surface area contributed by atoms with Crippen molar-refractivity contribution in [2.75, 3.05) is 0 Å². The molecule has 0 aliphatic carbocycles. The van der Waals surface area contributed by atoms with Gasteiger partial charge in [-0.15, -0.1) is 0 Å². The molecule has 0 unspecified atom stereocenters. The summed E-state index contributed by atoms with van der Waals surface area (Å²) in [5, 5.41) is 12.1. The fraction of sp³-hybridized carbons (Fsp3) is 0.400. The lowest BCUT2D eigenvalue weighted by Gasteiger charge is -2.27. The molecule has 3 heterocycles. The smallest absolute Gasteiger partial charge is 0.310 e. The highest BCUT2D eigenvalue weighted by atomic mass is 16.5. The van der Waals surface area contributed by atoms with E-state index in [1.807, 2.05) is 6.07 Å². The Balaban J connectivity index is 1.74. The molecule has 3 rings (SSSR count). The van der Waals surface area contributed by atoms with E-state index in [1.165, 1.54) is 0 Å². The molecule has 1 fully saturated rings. The highest BCUT2D eigenvalue weighted by molar-refractivity contribution is 5.88. The summed E-state index contributed by atoms with van der Waals surface area (Å²) in [6.07, 6.45) is 4.62. The van der Waals surface area contributed by atoms with Crippen LogP contribution in [0.4, 0.5) is 0 Å². The van der Waals surface area contributed by atoms with E-state index in [-0.39, 0.29) is 12.5 Å². The third-order valence-corrected chi connectivity index (χ3v) is 4.07. The van der Waals surface area contributed by atoms with Gasteiger partial charge in [-0.25, -0.2) is 0 Å². The van der Waals surface area contributed by atoms with Gasteiger partial charge in [-0.05, 0) is 19.1 Å². The lowest BCUT2D eigenvalue weighted by molar-refractivity contribution is -0.147. The molecule has 2 aliphatic rings. The van der Waals surface area contributed by atoms with Crippen molar-refractivity contribution in [1.82, 2.24) is 10.3 Å². The zero-order chi connectivity index (χ0) is 15.0. The number of ether oxygens (including phenoxy) is 1. The van der Waals surface area contributed by atoms with Crippen molar-refractivity contribution in [3.05, 3.63) is 42.2 Å². The second kappa shape index (κ2) is 4.96.